The van der Waals surface area contributed by atoms with E-state index in [1.807, 2.05) is 24.4 Å². The summed E-state index contributed by atoms with van der Waals surface area (Å²) in [7, 11) is 0. The number of anilines is 1. The van der Waals surface area contributed by atoms with Gasteiger partial charge in [-0.3, -0.25) is 9.69 Å². The van der Waals surface area contributed by atoms with Crippen molar-refractivity contribution in [1.29, 1.82) is 0 Å². The lowest BCUT2D eigenvalue weighted by molar-refractivity contribution is -0.116. The number of carbonyl (C=O) groups is 1. The summed E-state index contributed by atoms with van der Waals surface area (Å²) in [5.74, 6) is 2.18. The highest BCUT2D eigenvalue weighted by atomic mass is 32.2. The second kappa shape index (κ2) is 6.89. The highest BCUT2D eigenvalue weighted by Crippen LogP contribution is 2.37. The van der Waals surface area contributed by atoms with E-state index in [0.29, 0.717) is 22.8 Å². The molecule has 0 saturated heterocycles. The first kappa shape index (κ1) is 16.7. The lowest BCUT2D eigenvalue weighted by atomic mass is 10.4. The minimum Gasteiger partial charge on any atom is -0.440 e. The molecular formula is C16H16N4O2S3. The summed E-state index contributed by atoms with van der Waals surface area (Å²) >= 11 is 4.63. The third-order valence-electron chi connectivity index (χ3n) is 3.81. The molecular weight excluding hydrogens is 376 g/mol. The van der Waals surface area contributed by atoms with Gasteiger partial charge >= 0.3 is 0 Å². The first-order valence-corrected chi connectivity index (χ1v) is 10.6. The normalized spacial score (nSPS) is 14.0. The van der Waals surface area contributed by atoms with Crippen LogP contribution in [0.15, 0.2) is 26.3 Å². The molecule has 0 bridgehead atoms. The molecule has 6 nitrogen and oxygen atoms in total. The predicted octanol–water partition coefficient (Wildman–Crippen LogP) is 4.37. The van der Waals surface area contributed by atoms with Crippen molar-refractivity contribution < 1.29 is 9.21 Å². The topological polar surface area (TPSA) is 72.1 Å². The van der Waals surface area contributed by atoms with Crippen LogP contribution in [0.4, 0.5) is 5.13 Å². The van der Waals surface area contributed by atoms with Crippen molar-refractivity contribution in [2.24, 2.45) is 0 Å². The van der Waals surface area contributed by atoms with Crippen molar-refractivity contribution in [3.63, 3.8) is 0 Å². The lowest BCUT2D eigenvalue weighted by Gasteiger charge is -2.15. The molecule has 0 aromatic carbocycles. The molecule has 9 heteroatoms. The van der Waals surface area contributed by atoms with Gasteiger partial charge in [0.1, 0.15) is 5.76 Å². The van der Waals surface area contributed by atoms with Crippen molar-refractivity contribution in [1.82, 2.24) is 15.2 Å². The van der Waals surface area contributed by atoms with E-state index >= 15 is 0 Å². The molecule has 0 spiro atoms. The van der Waals surface area contributed by atoms with Gasteiger partial charge < -0.3 is 4.42 Å². The third-order valence-corrected chi connectivity index (χ3v) is 6.74. The fourth-order valence-corrected chi connectivity index (χ4v) is 5.04. The van der Waals surface area contributed by atoms with Crippen LogP contribution in [0.1, 0.15) is 31.2 Å². The van der Waals surface area contributed by atoms with Crippen molar-refractivity contribution >= 4 is 45.5 Å². The Balaban J connectivity index is 1.44. The number of carbonyl (C=O) groups excluding carboxylic acids is 1. The van der Waals surface area contributed by atoms with E-state index in [1.165, 1.54) is 11.3 Å². The van der Waals surface area contributed by atoms with Gasteiger partial charge in [0, 0.05) is 18.7 Å². The van der Waals surface area contributed by atoms with Crippen molar-refractivity contribution in [3.8, 4) is 10.8 Å². The summed E-state index contributed by atoms with van der Waals surface area (Å²) in [6.07, 6.45) is 2.09. The number of nitrogens with zero attached hydrogens (tertiary/aromatic N) is 4. The van der Waals surface area contributed by atoms with Gasteiger partial charge in [-0.1, -0.05) is 29.2 Å². The van der Waals surface area contributed by atoms with Gasteiger partial charge in [0.15, 0.2) is 4.34 Å². The summed E-state index contributed by atoms with van der Waals surface area (Å²) < 4.78 is 6.60. The van der Waals surface area contributed by atoms with Crippen LogP contribution in [-0.2, 0) is 10.5 Å². The smallest absolute Gasteiger partial charge is 0.236 e. The number of rotatable bonds is 6. The summed E-state index contributed by atoms with van der Waals surface area (Å²) in [6, 6.07) is 4.28. The Morgan fingerprint density at radius 3 is 2.96 bits per heavy atom. The van der Waals surface area contributed by atoms with E-state index in [4.69, 9.17) is 4.42 Å². The Morgan fingerprint density at radius 2 is 2.28 bits per heavy atom. The van der Waals surface area contributed by atoms with Crippen molar-refractivity contribution in [2.45, 2.75) is 42.8 Å². The molecule has 0 N–H and O–H groups in total. The molecule has 3 heterocycles. The molecule has 0 atom stereocenters. The second-order valence-electron chi connectivity index (χ2n) is 5.76. The Kier molecular flexibility index (Phi) is 4.61. The van der Waals surface area contributed by atoms with E-state index in [1.54, 1.807) is 34.9 Å². The van der Waals surface area contributed by atoms with E-state index in [-0.39, 0.29) is 5.91 Å². The zero-order chi connectivity index (χ0) is 17.4. The fourth-order valence-electron chi connectivity index (χ4n) is 2.44. The molecule has 1 amide bonds. The monoisotopic (exact) mass is 392 g/mol. The molecule has 25 heavy (non-hydrogen) atoms. The summed E-state index contributed by atoms with van der Waals surface area (Å²) in [5, 5.41) is 11.1. The average Bonchev–Trinajstić information content (AvgIpc) is 3.00. The standard InChI is InChI=1S/C16H16N4O2S3/c1-9-12(17-14(22-9)13-4-3-7-23-13)8-24-16-19-18-15(25-16)20(10(2)21)11-5-6-11/h3-4,7,11H,5-6,8H2,1-2H3. The Morgan fingerprint density at radius 1 is 1.44 bits per heavy atom. The molecule has 4 rings (SSSR count). The van der Waals surface area contributed by atoms with Crippen molar-refractivity contribution in [2.75, 3.05) is 4.90 Å². The van der Waals surface area contributed by atoms with Gasteiger partial charge in [-0.15, -0.1) is 21.5 Å². The van der Waals surface area contributed by atoms with Gasteiger partial charge in [0.2, 0.25) is 16.9 Å². The molecule has 0 unspecified atom stereocenters. The second-order valence-corrected chi connectivity index (χ2v) is 8.88. The fraction of sp³-hybridized carbons (Fsp3) is 0.375. The van der Waals surface area contributed by atoms with Crippen LogP contribution in [0.3, 0.4) is 0 Å². The molecule has 0 aliphatic heterocycles. The summed E-state index contributed by atoms with van der Waals surface area (Å²) in [6.45, 7) is 3.51. The van der Waals surface area contributed by atoms with E-state index in [9.17, 15) is 4.79 Å². The maximum atomic E-state index is 11.8. The first-order chi connectivity index (χ1) is 12.1. The number of hydrogen-bond acceptors (Lipinski definition) is 8. The maximum Gasteiger partial charge on any atom is 0.236 e. The third kappa shape index (κ3) is 3.63. The molecule has 1 aliphatic rings. The molecule has 3 aromatic heterocycles. The van der Waals surface area contributed by atoms with Crippen LogP contribution in [0.25, 0.3) is 10.8 Å². The van der Waals surface area contributed by atoms with E-state index in [0.717, 1.165) is 33.5 Å². The maximum absolute atomic E-state index is 11.8. The van der Waals surface area contributed by atoms with Crippen molar-refractivity contribution in [3.05, 3.63) is 29.0 Å². The summed E-state index contributed by atoms with van der Waals surface area (Å²) in [5.41, 5.74) is 0.913. The van der Waals surface area contributed by atoms with Gasteiger partial charge in [-0.2, -0.15) is 0 Å². The van der Waals surface area contributed by atoms with Crippen LogP contribution < -0.4 is 4.90 Å². The highest BCUT2D eigenvalue weighted by Gasteiger charge is 2.34. The Labute approximate surface area is 157 Å². The van der Waals surface area contributed by atoms with Crippen LogP contribution >= 0.6 is 34.4 Å². The van der Waals surface area contributed by atoms with E-state index < -0.39 is 0 Å². The number of aryl methyl sites for hydroxylation is 1. The quantitative estimate of drug-likeness (QED) is 0.458. The molecule has 0 radical (unpaired) electrons. The predicted molar refractivity (Wildman–Crippen MR) is 100 cm³/mol. The first-order valence-electron chi connectivity index (χ1n) is 7.88. The largest absolute Gasteiger partial charge is 0.440 e. The number of thioether (sulfide) groups is 1. The Hall–Kier alpha value is -1.71. The van der Waals surface area contributed by atoms with Crippen LogP contribution in [-0.4, -0.2) is 27.1 Å². The Bertz CT molecular complexity index is 883. The van der Waals surface area contributed by atoms with Crippen LogP contribution in [0, 0.1) is 6.92 Å². The zero-order valence-corrected chi connectivity index (χ0v) is 16.2. The molecule has 1 fully saturated rings. The number of hydrogen-bond donors (Lipinski definition) is 0. The van der Waals surface area contributed by atoms with Crippen LogP contribution in [0.2, 0.25) is 0 Å². The highest BCUT2D eigenvalue weighted by molar-refractivity contribution is 8.00. The minimum atomic E-state index is 0.0307. The molecule has 130 valence electrons. The lowest BCUT2D eigenvalue weighted by Crippen LogP contribution is -2.30. The number of thiophene rings is 1. The molecule has 3 aromatic rings. The number of oxazole rings is 1. The SMILES string of the molecule is CC(=O)N(c1nnc(SCc2nc(-c3cccs3)oc2C)s1)C1CC1. The number of aromatic nitrogens is 3. The zero-order valence-electron chi connectivity index (χ0n) is 13.8. The van der Waals surface area contributed by atoms with Gasteiger partial charge in [-0.25, -0.2) is 4.98 Å². The molecule has 1 saturated carbocycles. The van der Waals surface area contributed by atoms with Gasteiger partial charge in [0.25, 0.3) is 0 Å². The summed E-state index contributed by atoms with van der Waals surface area (Å²) in [4.78, 5) is 19.2. The number of amides is 1. The molecule has 1 aliphatic carbocycles. The van der Waals surface area contributed by atoms with E-state index in [2.05, 4.69) is 15.2 Å². The van der Waals surface area contributed by atoms with Gasteiger partial charge in [0.05, 0.1) is 10.6 Å². The van der Waals surface area contributed by atoms with Gasteiger partial charge in [-0.05, 0) is 31.2 Å². The minimum absolute atomic E-state index is 0.0307. The average molecular weight is 393 g/mol. The van der Waals surface area contributed by atoms with Crippen LogP contribution in [0.5, 0.6) is 0 Å².